The lowest BCUT2D eigenvalue weighted by molar-refractivity contribution is -0.146. The Kier molecular flexibility index (Phi) is 13.3. The van der Waals surface area contributed by atoms with Crippen LogP contribution in [0.2, 0.25) is 0 Å². The number of hydrogen-bond donors (Lipinski definition) is 1. The van der Waals surface area contributed by atoms with Gasteiger partial charge in [-0.3, -0.25) is 14.4 Å². The lowest BCUT2D eigenvalue weighted by Gasteiger charge is -2.36. The van der Waals surface area contributed by atoms with Crippen LogP contribution < -0.4 is 5.73 Å². The molecule has 0 heterocycles. The van der Waals surface area contributed by atoms with Crippen molar-refractivity contribution in [3.05, 3.63) is 131 Å². The van der Waals surface area contributed by atoms with Crippen LogP contribution >= 0.6 is 0 Å². The average Bonchev–Trinajstić information content (AvgIpc) is 3.12. The second-order valence-electron chi connectivity index (χ2n) is 13.2. The maximum absolute atomic E-state index is 14.7. The fraction of sp³-hybridized carbons (Fsp3) is 0.341. The molecule has 4 aromatic carbocycles. The van der Waals surface area contributed by atoms with E-state index in [4.69, 9.17) is 5.73 Å². The van der Waals surface area contributed by atoms with Crippen molar-refractivity contribution in [1.82, 2.24) is 19.6 Å². The maximum atomic E-state index is 14.7. The summed E-state index contributed by atoms with van der Waals surface area (Å²) in [4.78, 5) is 49.6. The summed E-state index contributed by atoms with van der Waals surface area (Å²) < 4.78 is 0. The van der Waals surface area contributed by atoms with E-state index in [0.717, 1.165) is 40.8 Å². The van der Waals surface area contributed by atoms with Gasteiger partial charge in [0.15, 0.2) is 0 Å². The molecule has 258 valence electrons. The lowest BCUT2D eigenvalue weighted by atomic mass is 9.97. The smallest absolute Gasteiger partial charge is 0.254 e. The number of rotatable bonds is 15. The van der Waals surface area contributed by atoms with Crippen LogP contribution in [0.5, 0.6) is 0 Å². The molecule has 3 amide bonds. The second kappa shape index (κ2) is 17.6. The van der Waals surface area contributed by atoms with E-state index in [-0.39, 0.29) is 30.2 Å². The van der Waals surface area contributed by atoms with E-state index in [1.165, 1.54) is 4.90 Å². The molecule has 0 aliphatic heterocycles. The van der Waals surface area contributed by atoms with Crippen LogP contribution in [0.3, 0.4) is 0 Å². The molecule has 3 atom stereocenters. The first-order valence-corrected chi connectivity index (χ1v) is 16.9. The number of nitrogens with two attached hydrogens (primary N) is 1. The molecule has 49 heavy (non-hydrogen) atoms. The zero-order chi connectivity index (χ0) is 35.5. The summed E-state index contributed by atoms with van der Waals surface area (Å²) in [5.41, 5.74) is 11.4. The minimum absolute atomic E-state index is 0.136. The first kappa shape index (κ1) is 37.0. The van der Waals surface area contributed by atoms with Gasteiger partial charge in [0.1, 0.15) is 12.1 Å². The number of hydrogen-bond acceptors (Lipinski definition) is 5. The summed E-state index contributed by atoms with van der Waals surface area (Å²) >= 11 is 0. The summed E-state index contributed by atoms with van der Waals surface area (Å²) in [7, 11) is 9.15. The number of benzene rings is 4. The van der Waals surface area contributed by atoms with Gasteiger partial charge in [0.05, 0.1) is 0 Å². The van der Waals surface area contributed by atoms with Crippen LogP contribution in [-0.4, -0.2) is 97.7 Å². The summed E-state index contributed by atoms with van der Waals surface area (Å²) in [6.45, 7) is 3.28. The van der Waals surface area contributed by atoms with Gasteiger partial charge in [0.2, 0.25) is 11.8 Å². The summed E-state index contributed by atoms with van der Waals surface area (Å²) in [6.07, 6.45) is 1.44. The Hall–Kier alpha value is -4.79. The predicted octanol–water partition coefficient (Wildman–Crippen LogP) is 5.54. The van der Waals surface area contributed by atoms with Crippen molar-refractivity contribution in [2.24, 2.45) is 5.73 Å². The van der Waals surface area contributed by atoms with Crippen molar-refractivity contribution < 1.29 is 14.4 Å². The van der Waals surface area contributed by atoms with E-state index >= 15 is 0 Å². The average molecular weight is 662 g/mol. The summed E-state index contributed by atoms with van der Waals surface area (Å²) in [5, 5.41) is 0. The van der Waals surface area contributed by atoms with Crippen LogP contribution in [-0.2, 0) is 22.4 Å². The molecule has 8 nitrogen and oxygen atoms in total. The Morgan fingerprint density at radius 2 is 1.16 bits per heavy atom. The second-order valence-corrected chi connectivity index (χ2v) is 13.2. The molecular formula is C41H51N5O3. The molecule has 0 aliphatic carbocycles. The van der Waals surface area contributed by atoms with Gasteiger partial charge in [-0.25, -0.2) is 0 Å². The number of carbonyl (C=O) groups excluding carboxylic acids is 3. The topological polar surface area (TPSA) is 90.2 Å². The first-order chi connectivity index (χ1) is 23.5. The standard InChI is InChI=1S/C41H51N5O3/c1-30(42)35-19-13-20-36(29-35)39(47)45(5)38(28-32-21-23-34(24-22-32)33-17-11-8-12-18-33)41(49)46(6)37(27-31-15-9-7-10-16-31)40(48)44(4)26-14-25-43(2)3/h7-13,15-24,29-30,37-38H,14,25-28,42H2,1-6H3/t30?,37-,38?/m1/s1. The molecule has 0 radical (unpaired) electrons. The quantitative estimate of drug-likeness (QED) is 0.181. The Labute approximate surface area is 292 Å². The van der Waals surface area contributed by atoms with Crippen LogP contribution in [0.4, 0.5) is 0 Å². The van der Waals surface area contributed by atoms with Gasteiger partial charge < -0.3 is 25.3 Å². The Morgan fingerprint density at radius 1 is 0.612 bits per heavy atom. The minimum atomic E-state index is -0.871. The van der Waals surface area contributed by atoms with Crippen molar-refractivity contribution >= 4 is 17.7 Å². The molecule has 4 aromatic rings. The highest BCUT2D eigenvalue weighted by atomic mass is 16.2. The molecule has 0 saturated heterocycles. The van der Waals surface area contributed by atoms with E-state index in [2.05, 4.69) is 17.0 Å². The van der Waals surface area contributed by atoms with E-state index in [0.29, 0.717) is 18.5 Å². The van der Waals surface area contributed by atoms with Crippen molar-refractivity contribution in [2.75, 3.05) is 48.3 Å². The molecule has 0 saturated carbocycles. The summed E-state index contributed by atoms with van der Waals surface area (Å²) in [5.74, 6) is -0.729. The number of carbonyl (C=O) groups is 3. The van der Waals surface area contributed by atoms with Crippen LogP contribution in [0, 0.1) is 0 Å². The highest BCUT2D eigenvalue weighted by molar-refractivity contribution is 5.98. The third-order valence-electron chi connectivity index (χ3n) is 9.07. The fourth-order valence-electron chi connectivity index (χ4n) is 5.98. The van der Waals surface area contributed by atoms with E-state index in [1.54, 1.807) is 43.1 Å². The molecular weight excluding hydrogens is 610 g/mol. The molecule has 0 fully saturated rings. The maximum Gasteiger partial charge on any atom is 0.254 e. The number of amides is 3. The monoisotopic (exact) mass is 661 g/mol. The van der Waals surface area contributed by atoms with Crippen LogP contribution in [0.25, 0.3) is 11.1 Å². The summed E-state index contributed by atoms with van der Waals surface area (Å²) in [6, 6.07) is 33.3. The lowest BCUT2D eigenvalue weighted by Crippen LogP contribution is -2.56. The molecule has 0 aromatic heterocycles. The molecule has 4 rings (SSSR count). The molecule has 0 aliphatic rings. The SMILES string of the molecule is CC(N)c1cccc(C(=O)N(C)C(Cc2ccc(-c3ccccc3)cc2)C(=O)N(C)[C@H](Cc2ccccc2)C(=O)N(C)CCCN(C)C)c1. The normalized spacial score (nSPS) is 13.0. The molecule has 0 spiro atoms. The molecule has 8 heteroatoms. The highest BCUT2D eigenvalue weighted by Crippen LogP contribution is 2.23. The van der Waals surface area contributed by atoms with Crippen molar-refractivity contribution in [1.29, 1.82) is 0 Å². The molecule has 2 N–H and O–H groups in total. The van der Waals surface area contributed by atoms with Gasteiger partial charge in [-0.05, 0) is 73.9 Å². The largest absolute Gasteiger partial charge is 0.344 e. The van der Waals surface area contributed by atoms with Gasteiger partial charge in [-0.1, -0.05) is 97.1 Å². The minimum Gasteiger partial charge on any atom is -0.344 e. The number of nitrogens with zero attached hydrogens (tertiary/aromatic N) is 4. The van der Waals surface area contributed by atoms with Crippen LogP contribution in [0.15, 0.2) is 109 Å². The van der Waals surface area contributed by atoms with Gasteiger partial charge in [0, 0.05) is 52.1 Å². The fourth-order valence-corrected chi connectivity index (χ4v) is 5.98. The van der Waals surface area contributed by atoms with Crippen LogP contribution in [0.1, 0.15) is 46.4 Å². The van der Waals surface area contributed by atoms with E-state index in [1.807, 2.05) is 106 Å². The van der Waals surface area contributed by atoms with E-state index < -0.39 is 12.1 Å². The van der Waals surface area contributed by atoms with Crippen molar-refractivity contribution in [2.45, 2.75) is 44.3 Å². The van der Waals surface area contributed by atoms with Crippen molar-refractivity contribution in [3.8, 4) is 11.1 Å². The molecule has 2 unspecified atom stereocenters. The first-order valence-electron chi connectivity index (χ1n) is 16.9. The zero-order valence-corrected chi connectivity index (χ0v) is 29.8. The third kappa shape index (κ3) is 10.1. The highest BCUT2D eigenvalue weighted by Gasteiger charge is 2.36. The van der Waals surface area contributed by atoms with Gasteiger partial charge in [-0.2, -0.15) is 0 Å². The Morgan fingerprint density at radius 3 is 1.76 bits per heavy atom. The Bertz CT molecular complexity index is 1660. The third-order valence-corrected chi connectivity index (χ3v) is 9.07. The van der Waals surface area contributed by atoms with Gasteiger partial charge in [0.25, 0.3) is 5.91 Å². The van der Waals surface area contributed by atoms with Gasteiger partial charge in [-0.15, -0.1) is 0 Å². The Balaban J connectivity index is 1.68. The number of likely N-dealkylation sites (N-methyl/N-ethyl adjacent to an activating group) is 3. The molecule has 0 bridgehead atoms. The zero-order valence-electron chi connectivity index (χ0n) is 29.8. The predicted molar refractivity (Wildman–Crippen MR) is 198 cm³/mol. The van der Waals surface area contributed by atoms with Crippen molar-refractivity contribution in [3.63, 3.8) is 0 Å². The van der Waals surface area contributed by atoms with Gasteiger partial charge >= 0.3 is 0 Å². The van der Waals surface area contributed by atoms with E-state index in [9.17, 15) is 14.4 Å².